The fourth-order valence-electron chi connectivity index (χ4n) is 1.57. The SMILES string of the molecule is Cc1ccc(C(=O)c2cccc(S(C)(=O)=O)c2)s1. The Labute approximate surface area is 110 Å². The van der Waals surface area contributed by atoms with Crippen LogP contribution in [0.3, 0.4) is 0 Å². The highest BCUT2D eigenvalue weighted by Crippen LogP contribution is 2.20. The van der Waals surface area contributed by atoms with Crippen molar-refractivity contribution in [3.05, 3.63) is 51.7 Å². The Kier molecular flexibility index (Phi) is 3.36. The summed E-state index contributed by atoms with van der Waals surface area (Å²) in [7, 11) is -3.28. The second-order valence-electron chi connectivity index (χ2n) is 4.04. The minimum absolute atomic E-state index is 0.140. The topological polar surface area (TPSA) is 51.2 Å². The number of carbonyl (C=O) groups excluding carboxylic acids is 1. The molecule has 2 aromatic rings. The van der Waals surface area contributed by atoms with Gasteiger partial charge >= 0.3 is 0 Å². The molecule has 1 heterocycles. The molecule has 0 saturated heterocycles. The number of rotatable bonds is 3. The first kappa shape index (κ1) is 13.0. The van der Waals surface area contributed by atoms with E-state index in [1.54, 1.807) is 18.2 Å². The van der Waals surface area contributed by atoms with Crippen LogP contribution in [0.1, 0.15) is 20.1 Å². The van der Waals surface area contributed by atoms with E-state index in [-0.39, 0.29) is 10.7 Å². The molecule has 0 spiro atoms. The number of hydrogen-bond donors (Lipinski definition) is 0. The summed E-state index contributed by atoms with van der Waals surface area (Å²) in [6.45, 7) is 1.92. The largest absolute Gasteiger partial charge is 0.288 e. The third-order valence-electron chi connectivity index (χ3n) is 2.49. The maximum atomic E-state index is 12.2. The highest BCUT2D eigenvalue weighted by molar-refractivity contribution is 7.90. The van der Waals surface area contributed by atoms with Crippen LogP contribution in [0.5, 0.6) is 0 Å². The van der Waals surface area contributed by atoms with Crippen LogP contribution in [-0.2, 0) is 9.84 Å². The molecule has 3 nitrogen and oxygen atoms in total. The molecular weight excluding hydrogens is 268 g/mol. The number of sulfone groups is 1. The van der Waals surface area contributed by atoms with Gasteiger partial charge < -0.3 is 0 Å². The molecule has 0 bridgehead atoms. The average Bonchev–Trinajstić information content (AvgIpc) is 2.74. The van der Waals surface area contributed by atoms with Gasteiger partial charge in [0.25, 0.3) is 0 Å². The van der Waals surface area contributed by atoms with Gasteiger partial charge in [0.15, 0.2) is 9.84 Å². The molecule has 0 aliphatic rings. The zero-order valence-corrected chi connectivity index (χ0v) is 11.6. The maximum absolute atomic E-state index is 12.2. The minimum Gasteiger partial charge on any atom is -0.288 e. The maximum Gasteiger partial charge on any atom is 0.202 e. The second-order valence-corrected chi connectivity index (χ2v) is 7.34. The lowest BCUT2D eigenvalue weighted by molar-refractivity contribution is 0.104. The molecule has 0 fully saturated rings. The quantitative estimate of drug-likeness (QED) is 0.812. The van der Waals surface area contributed by atoms with Crippen molar-refractivity contribution in [1.82, 2.24) is 0 Å². The van der Waals surface area contributed by atoms with Gasteiger partial charge in [-0.25, -0.2) is 8.42 Å². The standard InChI is InChI=1S/C13H12O3S2/c1-9-6-7-12(17-9)13(14)10-4-3-5-11(8-10)18(2,15)16/h3-8H,1-2H3. The molecular formula is C13H12O3S2. The summed E-state index contributed by atoms with van der Waals surface area (Å²) < 4.78 is 22.9. The number of ketones is 1. The van der Waals surface area contributed by atoms with Crippen molar-refractivity contribution in [3.8, 4) is 0 Å². The summed E-state index contributed by atoms with van der Waals surface area (Å²) in [6.07, 6.45) is 1.13. The van der Waals surface area contributed by atoms with Crippen molar-refractivity contribution in [2.75, 3.05) is 6.26 Å². The number of thiophene rings is 1. The smallest absolute Gasteiger partial charge is 0.202 e. The fourth-order valence-corrected chi connectivity index (χ4v) is 3.06. The van der Waals surface area contributed by atoms with Gasteiger partial charge in [-0.1, -0.05) is 12.1 Å². The van der Waals surface area contributed by atoms with Gasteiger partial charge in [0.1, 0.15) is 0 Å². The first-order valence-electron chi connectivity index (χ1n) is 5.29. The average molecular weight is 280 g/mol. The number of benzene rings is 1. The molecule has 1 aromatic carbocycles. The summed E-state index contributed by atoms with van der Waals surface area (Å²) in [5, 5.41) is 0. The van der Waals surface area contributed by atoms with E-state index in [0.717, 1.165) is 11.1 Å². The zero-order valence-electron chi connectivity index (χ0n) is 10.0. The first-order chi connectivity index (χ1) is 8.38. The zero-order chi connectivity index (χ0) is 13.3. The molecule has 0 aliphatic carbocycles. The van der Waals surface area contributed by atoms with Gasteiger partial charge in [-0.2, -0.15) is 0 Å². The third-order valence-corrected chi connectivity index (χ3v) is 4.60. The number of aryl methyl sites for hydroxylation is 1. The minimum atomic E-state index is -3.28. The molecule has 0 unspecified atom stereocenters. The number of hydrogen-bond acceptors (Lipinski definition) is 4. The van der Waals surface area contributed by atoms with Crippen LogP contribution in [0.15, 0.2) is 41.3 Å². The lowest BCUT2D eigenvalue weighted by Gasteiger charge is -2.01. The summed E-state index contributed by atoms with van der Waals surface area (Å²) in [5.74, 6) is -0.140. The predicted octanol–water partition coefficient (Wildman–Crippen LogP) is 2.69. The summed E-state index contributed by atoms with van der Waals surface area (Å²) in [5.41, 5.74) is 0.403. The van der Waals surface area contributed by atoms with E-state index in [1.807, 2.05) is 13.0 Å². The van der Waals surface area contributed by atoms with Gasteiger partial charge in [0, 0.05) is 16.7 Å². The van der Waals surface area contributed by atoms with Crippen molar-refractivity contribution in [1.29, 1.82) is 0 Å². The van der Waals surface area contributed by atoms with Gasteiger partial charge in [-0.3, -0.25) is 4.79 Å². The molecule has 5 heteroatoms. The molecule has 0 atom stereocenters. The summed E-state index contributed by atoms with van der Waals surface area (Å²) >= 11 is 1.41. The van der Waals surface area contributed by atoms with Crippen LogP contribution in [0.4, 0.5) is 0 Å². The van der Waals surface area contributed by atoms with E-state index in [1.165, 1.54) is 23.5 Å². The second kappa shape index (κ2) is 4.66. The lowest BCUT2D eigenvalue weighted by Crippen LogP contribution is -2.02. The monoisotopic (exact) mass is 280 g/mol. The molecule has 2 rings (SSSR count). The normalized spacial score (nSPS) is 11.4. The molecule has 1 aromatic heterocycles. The highest BCUT2D eigenvalue weighted by Gasteiger charge is 2.14. The Balaban J connectivity index is 2.43. The van der Waals surface area contributed by atoms with Crippen LogP contribution < -0.4 is 0 Å². The summed E-state index contributed by atoms with van der Waals surface area (Å²) in [6, 6.07) is 9.77. The first-order valence-corrected chi connectivity index (χ1v) is 8.00. The Bertz CT molecular complexity index is 697. The molecule has 0 N–H and O–H groups in total. The third kappa shape index (κ3) is 2.68. The predicted molar refractivity (Wildman–Crippen MR) is 72.0 cm³/mol. The fraction of sp³-hybridized carbons (Fsp3) is 0.154. The van der Waals surface area contributed by atoms with E-state index < -0.39 is 9.84 Å². The highest BCUT2D eigenvalue weighted by atomic mass is 32.2. The van der Waals surface area contributed by atoms with Gasteiger partial charge in [-0.05, 0) is 31.2 Å². The lowest BCUT2D eigenvalue weighted by atomic mass is 10.1. The molecule has 94 valence electrons. The van der Waals surface area contributed by atoms with E-state index in [9.17, 15) is 13.2 Å². The van der Waals surface area contributed by atoms with Crippen LogP contribution in [0, 0.1) is 6.92 Å². The van der Waals surface area contributed by atoms with Gasteiger partial charge in [-0.15, -0.1) is 11.3 Å². The van der Waals surface area contributed by atoms with Crippen LogP contribution in [0.2, 0.25) is 0 Å². The van der Waals surface area contributed by atoms with Crippen molar-refractivity contribution < 1.29 is 13.2 Å². The van der Waals surface area contributed by atoms with Crippen molar-refractivity contribution in [3.63, 3.8) is 0 Å². The molecule has 0 aliphatic heterocycles. The Morgan fingerprint density at radius 3 is 2.44 bits per heavy atom. The van der Waals surface area contributed by atoms with Crippen LogP contribution in [0.25, 0.3) is 0 Å². The molecule has 18 heavy (non-hydrogen) atoms. The summed E-state index contributed by atoms with van der Waals surface area (Å²) in [4.78, 5) is 14.0. The van der Waals surface area contributed by atoms with E-state index >= 15 is 0 Å². The molecule has 0 saturated carbocycles. The van der Waals surface area contributed by atoms with E-state index in [4.69, 9.17) is 0 Å². The van der Waals surface area contributed by atoms with Gasteiger partial charge in [0.05, 0.1) is 9.77 Å². The Hall–Kier alpha value is -1.46. The van der Waals surface area contributed by atoms with E-state index in [2.05, 4.69) is 0 Å². The molecule has 0 amide bonds. The Morgan fingerprint density at radius 2 is 1.89 bits per heavy atom. The number of carbonyl (C=O) groups is 1. The van der Waals surface area contributed by atoms with E-state index in [0.29, 0.717) is 10.4 Å². The van der Waals surface area contributed by atoms with Crippen molar-refractivity contribution in [2.45, 2.75) is 11.8 Å². The van der Waals surface area contributed by atoms with Gasteiger partial charge in [0.2, 0.25) is 5.78 Å². The van der Waals surface area contributed by atoms with Crippen molar-refractivity contribution >= 4 is 27.0 Å². The van der Waals surface area contributed by atoms with Crippen LogP contribution >= 0.6 is 11.3 Å². The van der Waals surface area contributed by atoms with Crippen molar-refractivity contribution in [2.24, 2.45) is 0 Å². The molecule has 0 radical (unpaired) electrons. The van der Waals surface area contributed by atoms with Crippen LogP contribution in [-0.4, -0.2) is 20.5 Å². The Morgan fingerprint density at radius 1 is 1.17 bits per heavy atom.